The standard InChI is InChI=1S/C12H18F3N3O2S/c1-8-7-11(12(13,14)15)16-18(8)10-5-3-9(4-6-10)17-21(2,19)20/h7,9-10,17H,3-6H2,1-2H3. The van der Waals surface area contributed by atoms with Crippen molar-refractivity contribution in [1.82, 2.24) is 14.5 Å². The SMILES string of the molecule is Cc1cc(C(F)(F)F)nn1C1CCC(NS(C)(=O)=O)CC1. The minimum absolute atomic E-state index is 0.112. The van der Waals surface area contributed by atoms with Crippen LogP contribution in [0.2, 0.25) is 0 Å². The van der Waals surface area contributed by atoms with Crippen LogP contribution in [-0.4, -0.2) is 30.5 Å². The molecule has 1 saturated carbocycles. The molecule has 0 aromatic carbocycles. The monoisotopic (exact) mass is 325 g/mol. The van der Waals surface area contributed by atoms with E-state index in [1.807, 2.05) is 0 Å². The molecule has 1 aromatic rings. The summed E-state index contributed by atoms with van der Waals surface area (Å²) in [5, 5.41) is 3.66. The topological polar surface area (TPSA) is 64.0 Å². The van der Waals surface area contributed by atoms with E-state index in [1.54, 1.807) is 6.92 Å². The van der Waals surface area contributed by atoms with Crippen LogP contribution >= 0.6 is 0 Å². The lowest BCUT2D eigenvalue weighted by atomic mass is 9.92. The summed E-state index contributed by atoms with van der Waals surface area (Å²) in [4.78, 5) is 0. The summed E-state index contributed by atoms with van der Waals surface area (Å²) in [5.41, 5.74) is -0.404. The number of hydrogen-bond donors (Lipinski definition) is 1. The third-order valence-electron chi connectivity index (χ3n) is 3.64. The molecule has 21 heavy (non-hydrogen) atoms. The van der Waals surface area contributed by atoms with Crippen molar-refractivity contribution in [2.45, 2.75) is 50.9 Å². The Kier molecular flexibility index (Phi) is 4.34. The maximum atomic E-state index is 12.6. The molecule has 1 fully saturated rings. The predicted molar refractivity (Wildman–Crippen MR) is 71.2 cm³/mol. The number of nitrogens with zero attached hydrogens (tertiary/aromatic N) is 2. The van der Waals surface area contributed by atoms with E-state index in [0.29, 0.717) is 31.4 Å². The Morgan fingerprint density at radius 1 is 1.29 bits per heavy atom. The van der Waals surface area contributed by atoms with Crippen molar-refractivity contribution in [2.75, 3.05) is 6.26 Å². The van der Waals surface area contributed by atoms with Gasteiger partial charge in [0.2, 0.25) is 10.0 Å². The number of aryl methyl sites for hydroxylation is 1. The fourth-order valence-electron chi connectivity index (χ4n) is 2.74. The van der Waals surface area contributed by atoms with E-state index in [0.717, 1.165) is 12.3 Å². The number of alkyl halides is 3. The third-order valence-corrected chi connectivity index (χ3v) is 4.40. The number of aromatic nitrogens is 2. The van der Waals surface area contributed by atoms with Gasteiger partial charge in [-0.1, -0.05) is 0 Å². The van der Waals surface area contributed by atoms with Crippen molar-refractivity contribution in [3.63, 3.8) is 0 Å². The zero-order chi connectivity index (χ0) is 15.8. The number of sulfonamides is 1. The number of nitrogens with one attached hydrogen (secondary N) is 1. The van der Waals surface area contributed by atoms with Gasteiger partial charge in [0.25, 0.3) is 0 Å². The van der Waals surface area contributed by atoms with Gasteiger partial charge in [-0.15, -0.1) is 0 Å². The van der Waals surface area contributed by atoms with Gasteiger partial charge in [0.05, 0.1) is 12.3 Å². The molecule has 1 aromatic heterocycles. The van der Waals surface area contributed by atoms with E-state index in [9.17, 15) is 21.6 Å². The molecule has 1 heterocycles. The molecule has 5 nitrogen and oxygen atoms in total. The van der Waals surface area contributed by atoms with Crippen LogP contribution in [0.5, 0.6) is 0 Å². The maximum Gasteiger partial charge on any atom is 0.435 e. The van der Waals surface area contributed by atoms with Gasteiger partial charge in [-0.2, -0.15) is 18.3 Å². The van der Waals surface area contributed by atoms with Crippen LogP contribution in [0.4, 0.5) is 13.2 Å². The van der Waals surface area contributed by atoms with Gasteiger partial charge < -0.3 is 0 Å². The Morgan fingerprint density at radius 2 is 1.86 bits per heavy atom. The number of halogens is 3. The lowest BCUT2D eigenvalue weighted by molar-refractivity contribution is -0.141. The smallest absolute Gasteiger partial charge is 0.266 e. The summed E-state index contributed by atoms with van der Waals surface area (Å²) < 4.78 is 64.2. The Bertz CT molecular complexity index is 602. The molecule has 0 radical (unpaired) electrons. The highest BCUT2D eigenvalue weighted by Gasteiger charge is 2.35. The molecular formula is C12H18F3N3O2S. The Labute approximate surface area is 121 Å². The molecule has 9 heteroatoms. The van der Waals surface area contributed by atoms with Crippen LogP contribution in [0.15, 0.2) is 6.07 Å². The van der Waals surface area contributed by atoms with Crippen LogP contribution in [0.25, 0.3) is 0 Å². The van der Waals surface area contributed by atoms with Crippen LogP contribution in [0.3, 0.4) is 0 Å². The Hall–Kier alpha value is -1.09. The van der Waals surface area contributed by atoms with Gasteiger partial charge in [0.15, 0.2) is 5.69 Å². The van der Waals surface area contributed by atoms with Crippen molar-refractivity contribution >= 4 is 10.0 Å². The average Bonchev–Trinajstić information content (AvgIpc) is 2.70. The van der Waals surface area contributed by atoms with Gasteiger partial charge in [-0.25, -0.2) is 13.1 Å². The summed E-state index contributed by atoms with van der Waals surface area (Å²) in [6.07, 6.45) is -0.936. The summed E-state index contributed by atoms with van der Waals surface area (Å²) in [6.45, 7) is 1.60. The van der Waals surface area contributed by atoms with Gasteiger partial charge in [-0.05, 0) is 38.7 Å². The summed E-state index contributed by atoms with van der Waals surface area (Å²) >= 11 is 0. The van der Waals surface area contributed by atoms with E-state index in [-0.39, 0.29) is 12.1 Å². The average molecular weight is 325 g/mol. The van der Waals surface area contributed by atoms with Crippen molar-refractivity contribution < 1.29 is 21.6 Å². The third kappa shape index (κ3) is 4.19. The quantitative estimate of drug-likeness (QED) is 0.927. The second-order valence-corrected chi connectivity index (χ2v) is 7.29. The van der Waals surface area contributed by atoms with Crippen LogP contribution in [0, 0.1) is 6.92 Å². The number of hydrogen-bond acceptors (Lipinski definition) is 3. The van der Waals surface area contributed by atoms with E-state index in [2.05, 4.69) is 9.82 Å². The fraction of sp³-hybridized carbons (Fsp3) is 0.750. The molecule has 0 amide bonds. The molecule has 0 unspecified atom stereocenters. The van der Waals surface area contributed by atoms with Gasteiger partial charge in [-0.3, -0.25) is 4.68 Å². The molecular weight excluding hydrogens is 307 g/mol. The van der Waals surface area contributed by atoms with Crippen LogP contribution < -0.4 is 4.72 Å². The highest BCUT2D eigenvalue weighted by atomic mass is 32.2. The van der Waals surface area contributed by atoms with Gasteiger partial charge in [0.1, 0.15) is 0 Å². The zero-order valence-corrected chi connectivity index (χ0v) is 12.6. The first-order valence-corrected chi connectivity index (χ1v) is 8.56. The molecule has 0 atom stereocenters. The van der Waals surface area contributed by atoms with E-state index < -0.39 is 21.9 Å². The predicted octanol–water partition coefficient (Wildman–Crippen LogP) is 2.24. The minimum atomic E-state index is -4.44. The van der Waals surface area contributed by atoms with Crippen molar-refractivity contribution in [3.05, 3.63) is 17.5 Å². The molecule has 120 valence electrons. The summed E-state index contributed by atoms with van der Waals surface area (Å²) in [5.74, 6) is 0. The molecule has 0 aliphatic heterocycles. The van der Waals surface area contributed by atoms with E-state index in [4.69, 9.17) is 0 Å². The van der Waals surface area contributed by atoms with E-state index in [1.165, 1.54) is 4.68 Å². The second kappa shape index (κ2) is 5.60. The first-order chi connectivity index (χ1) is 9.56. The molecule has 0 saturated heterocycles. The minimum Gasteiger partial charge on any atom is -0.266 e. The highest BCUT2D eigenvalue weighted by Crippen LogP contribution is 2.33. The van der Waals surface area contributed by atoms with Gasteiger partial charge >= 0.3 is 6.18 Å². The van der Waals surface area contributed by atoms with Gasteiger partial charge in [0, 0.05) is 11.7 Å². The van der Waals surface area contributed by atoms with Crippen LogP contribution in [0.1, 0.15) is 43.1 Å². The maximum absolute atomic E-state index is 12.6. The normalized spacial score (nSPS) is 24.2. The first kappa shape index (κ1) is 16.3. The lowest BCUT2D eigenvalue weighted by Gasteiger charge is -2.29. The van der Waals surface area contributed by atoms with Crippen LogP contribution in [-0.2, 0) is 16.2 Å². The molecule has 1 N–H and O–H groups in total. The lowest BCUT2D eigenvalue weighted by Crippen LogP contribution is -2.37. The summed E-state index contributed by atoms with van der Waals surface area (Å²) in [7, 11) is -3.25. The zero-order valence-electron chi connectivity index (χ0n) is 11.8. The molecule has 0 bridgehead atoms. The number of rotatable bonds is 3. The van der Waals surface area contributed by atoms with Crippen molar-refractivity contribution in [1.29, 1.82) is 0 Å². The molecule has 1 aliphatic rings. The molecule has 1 aliphatic carbocycles. The van der Waals surface area contributed by atoms with Crippen molar-refractivity contribution in [2.24, 2.45) is 0 Å². The van der Waals surface area contributed by atoms with E-state index >= 15 is 0 Å². The second-order valence-electron chi connectivity index (χ2n) is 5.51. The first-order valence-electron chi connectivity index (χ1n) is 6.67. The largest absolute Gasteiger partial charge is 0.435 e. The molecule has 2 rings (SSSR count). The Balaban J connectivity index is 2.04. The fourth-order valence-corrected chi connectivity index (χ4v) is 3.58. The summed E-state index contributed by atoms with van der Waals surface area (Å²) in [6, 6.07) is 0.786. The Morgan fingerprint density at radius 3 is 2.29 bits per heavy atom. The molecule has 0 spiro atoms. The highest BCUT2D eigenvalue weighted by molar-refractivity contribution is 7.88. The van der Waals surface area contributed by atoms with Crippen molar-refractivity contribution in [3.8, 4) is 0 Å².